The number of hydrogen-bond acceptors (Lipinski definition) is 7. The molecular formula is C21H16N2O7. The highest BCUT2D eigenvalue weighted by atomic mass is 16.7. The Morgan fingerprint density at radius 3 is 2.43 bits per heavy atom. The van der Waals surface area contributed by atoms with Gasteiger partial charge in [0.15, 0.2) is 23.9 Å². The van der Waals surface area contributed by atoms with Crippen LogP contribution in [0.5, 0.6) is 11.5 Å². The van der Waals surface area contributed by atoms with Gasteiger partial charge in [0.05, 0.1) is 11.8 Å². The molecule has 1 aliphatic rings. The van der Waals surface area contributed by atoms with Crippen molar-refractivity contribution in [3.63, 3.8) is 0 Å². The smallest absolute Gasteiger partial charge is 0.338 e. The molecule has 9 heteroatoms. The van der Waals surface area contributed by atoms with E-state index in [0.29, 0.717) is 22.9 Å². The summed E-state index contributed by atoms with van der Waals surface area (Å²) in [5.74, 6) is -0.265. The molecule has 3 aromatic rings. The first-order chi connectivity index (χ1) is 14.6. The van der Waals surface area contributed by atoms with Gasteiger partial charge in [-0.1, -0.05) is 0 Å². The molecule has 2 heterocycles. The maximum absolute atomic E-state index is 12.1. The van der Waals surface area contributed by atoms with Crippen molar-refractivity contribution in [1.29, 1.82) is 0 Å². The van der Waals surface area contributed by atoms with E-state index in [9.17, 15) is 14.4 Å². The summed E-state index contributed by atoms with van der Waals surface area (Å²) in [6.45, 7) is -0.320. The Morgan fingerprint density at radius 2 is 1.67 bits per heavy atom. The zero-order chi connectivity index (χ0) is 20.9. The van der Waals surface area contributed by atoms with Crippen LogP contribution < -0.4 is 20.1 Å². The third-order valence-corrected chi connectivity index (χ3v) is 4.11. The Labute approximate surface area is 170 Å². The molecule has 2 aromatic carbocycles. The van der Waals surface area contributed by atoms with Gasteiger partial charge < -0.3 is 29.3 Å². The van der Waals surface area contributed by atoms with Crippen LogP contribution in [0.4, 0.5) is 11.4 Å². The number of rotatable bonds is 6. The molecule has 9 nitrogen and oxygen atoms in total. The number of amides is 2. The van der Waals surface area contributed by atoms with E-state index in [0.717, 1.165) is 0 Å². The summed E-state index contributed by atoms with van der Waals surface area (Å²) in [6.07, 6.45) is 1.40. The molecule has 1 aromatic heterocycles. The van der Waals surface area contributed by atoms with Gasteiger partial charge >= 0.3 is 5.97 Å². The molecule has 0 unspecified atom stereocenters. The van der Waals surface area contributed by atoms with Crippen LogP contribution in [0.1, 0.15) is 20.9 Å². The van der Waals surface area contributed by atoms with E-state index in [-0.39, 0.29) is 18.1 Å². The summed E-state index contributed by atoms with van der Waals surface area (Å²) in [4.78, 5) is 36.1. The van der Waals surface area contributed by atoms with Crippen LogP contribution in [0.3, 0.4) is 0 Å². The molecule has 0 radical (unpaired) electrons. The van der Waals surface area contributed by atoms with E-state index >= 15 is 0 Å². The number of fused-ring (bicyclic) bond motifs is 1. The number of anilines is 2. The standard InChI is InChI=1S/C21H16N2O7/c24-19(22-15-7-8-16-18(10-15)30-12-29-16)11-28-21(26)13-3-5-14(6-4-13)23-20(25)17-2-1-9-27-17/h1-10H,11-12H2,(H,22,24)(H,23,25). The number of furan rings is 1. The van der Waals surface area contributed by atoms with Gasteiger partial charge in [-0.15, -0.1) is 0 Å². The monoisotopic (exact) mass is 408 g/mol. The molecule has 152 valence electrons. The van der Waals surface area contributed by atoms with E-state index < -0.39 is 24.4 Å². The summed E-state index contributed by atoms with van der Waals surface area (Å²) in [5, 5.41) is 5.25. The van der Waals surface area contributed by atoms with Crippen LogP contribution in [0.2, 0.25) is 0 Å². The number of carbonyl (C=O) groups excluding carboxylic acids is 3. The minimum Gasteiger partial charge on any atom is -0.459 e. The van der Waals surface area contributed by atoms with E-state index in [1.54, 1.807) is 36.4 Å². The molecular weight excluding hydrogens is 392 g/mol. The van der Waals surface area contributed by atoms with E-state index in [2.05, 4.69) is 10.6 Å². The molecule has 2 N–H and O–H groups in total. The first kappa shape index (κ1) is 19.1. The van der Waals surface area contributed by atoms with Crippen molar-refractivity contribution in [2.45, 2.75) is 0 Å². The van der Waals surface area contributed by atoms with Crippen molar-refractivity contribution < 1.29 is 33.0 Å². The maximum atomic E-state index is 12.1. The topological polar surface area (TPSA) is 116 Å². The number of ether oxygens (including phenoxy) is 3. The van der Waals surface area contributed by atoms with E-state index in [1.165, 1.54) is 24.5 Å². The molecule has 0 saturated heterocycles. The second-order valence-electron chi connectivity index (χ2n) is 6.20. The van der Waals surface area contributed by atoms with Gasteiger partial charge in [-0.05, 0) is 48.5 Å². The first-order valence-electron chi connectivity index (χ1n) is 8.90. The zero-order valence-corrected chi connectivity index (χ0v) is 15.5. The molecule has 30 heavy (non-hydrogen) atoms. The maximum Gasteiger partial charge on any atom is 0.338 e. The van der Waals surface area contributed by atoms with Crippen molar-refractivity contribution in [2.24, 2.45) is 0 Å². The van der Waals surface area contributed by atoms with Crippen LogP contribution in [-0.2, 0) is 9.53 Å². The third kappa shape index (κ3) is 4.41. The molecule has 0 fully saturated rings. The third-order valence-electron chi connectivity index (χ3n) is 4.11. The average molecular weight is 408 g/mol. The fraction of sp³-hybridized carbons (Fsp3) is 0.0952. The number of nitrogens with one attached hydrogen (secondary N) is 2. The molecule has 0 atom stereocenters. The van der Waals surface area contributed by atoms with Crippen LogP contribution in [0.25, 0.3) is 0 Å². The van der Waals surface area contributed by atoms with Crippen LogP contribution in [-0.4, -0.2) is 31.2 Å². The Kier molecular flexibility index (Phi) is 5.33. The highest BCUT2D eigenvalue weighted by Gasteiger charge is 2.15. The summed E-state index contributed by atoms with van der Waals surface area (Å²) in [5.41, 5.74) is 1.22. The van der Waals surface area contributed by atoms with Gasteiger partial charge in [-0.25, -0.2) is 4.79 Å². The first-order valence-corrected chi connectivity index (χ1v) is 8.90. The van der Waals surface area contributed by atoms with Crippen LogP contribution >= 0.6 is 0 Å². The van der Waals surface area contributed by atoms with E-state index in [1.807, 2.05) is 0 Å². The highest BCUT2D eigenvalue weighted by Crippen LogP contribution is 2.34. The molecule has 0 aliphatic carbocycles. The summed E-state index contributed by atoms with van der Waals surface area (Å²) >= 11 is 0. The highest BCUT2D eigenvalue weighted by molar-refractivity contribution is 6.02. The Hall–Kier alpha value is -4.27. The van der Waals surface area contributed by atoms with Crippen molar-refractivity contribution in [1.82, 2.24) is 0 Å². The molecule has 0 spiro atoms. The Balaban J connectivity index is 1.27. The lowest BCUT2D eigenvalue weighted by Gasteiger charge is -2.08. The summed E-state index contributed by atoms with van der Waals surface area (Å²) in [6, 6.07) is 14.2. The number of esters is 1. The minimum absolute atomic E-state index is 0.135. The largest absolute Gasteiger partial charge is 0.459 e. The normalized spacial score (nSPS) is 11.6. The minimum atomic E-state index is -0.667. The lowest BCUT2D eigenvalue weighted by molar-refractivity contribution is -0.119. The SMILES string of the molecule is O=C(COC(=O)c1ccc(NC(=O)c2ccco2)cc1)Nc1ccc2c(c1)OCO2. The van der Waals surface area contributed by atoms with Crippen molar-refractivity contribution in [3.8, 4) is 11.5 Å². The average Bonchev–Trinajstić information content (AvgIpc) is 3.44. The predicted molar refractivity (Wildman–Crippen MR) is 105 cm³/mol. The Bertz CT molecular complexity index is 1080. The quantitative estimate of drug-likeness (QED) is 0.602. The molecule has 0 saturated carbocycles. The van der Waals surface area contributed by atoms with E-state index in [4.69, 9.17) is 18.6 Å². The van der Waals surface area contributed by atoms with Crippen molar-refractivity contribution in [2.75, 3.05) is 24.0 Å². The second-order valence-corrected chi connectivity index (χ2v) is 6.20. The van der Waals surface area contributed by atoms with Crippen LogP contribution in [0.15, 0.2) is 65.3 Å². The lowest BCUT2D eigenvalue weighted by Crippen LogP contribution is -2.21. The molecule has 2 amide bonds. The number of carbonyl (C=O) groups is 3. The fourth-order valence-corrected chi connectivity index (χ4v) is 2.68. The van der Waals surface area contributed by atoms with Crippen molar-refractivity contribution >= 4 is 29.2 Å². The van der Waals surface area contributed by atoms with Gasteiger partial charge in [0.1, 0.15) is 0 Å². The van der Waals surface area contributed by atoms with Crippen LogP contribution in [0, 0.1) is 0 Å². The van der Waals surface area contributed by atoms with Gasteiger partial charge in [-0.3, -0.25) is 9.59 Å². The predicted octanol–water partition coefficient (Wildman–Crippen LogP) is 3.06. The molecule has 1 aliphatic heterocycles. The summed E-state index contributed by atoms with van der Waals surface area (Å²) < 4.78 is 20.5. The summed E-state index contributed by atoms with van der Waals surface area (Å²) in [7, 11) is 0. The van der Waals surface area contributed by atoms with Gasteiger partial charge in [0, 0.05) is 17.4 Å². The van der Waals surface area contributed by atoms with Gasteiger partial charge in [0.25, 0.3) is 11.8 Å². The lowest BCUT2D eigenvalue weighted by atomic mass is 10.2. The number of benzene rings is 2. The van der Waals surface area contributed by atoms with Gasteiger partial charge in [0.2, 0.25) is 6.79 Å². The Morgan fingerprint density at radius 1 is 0.900 bits per heavy atom. The fourth-order valence-electron chi connectivity index (χ4n) is 2.68. The molecule has 0 bridgehead atoms. The molecule has 4 rings (SSSR count). The second kappa shape index (κ2) is 8.39. The van der Waals surface area contributed by atoms with Gasteiger partial charge in [-0.2, -0.15) is 0 Å². The number of hydrogen-bond donors (Lipinski definition) is 2. The van der Waals surface area contributed by atoms with Crippen molar-refractivity contribution in [3.05, 3.63) is 72.2 Å². The zero-order valence-electron chi connectivity index (χ0n) is 15.5.